The van der Waals surface area contributed by atoms with Gasteiger partial charge in [0.1, 0.15) is 17.0 Å². The van der Waals surface area contributed by atoms with Gasteiger partial charge in [-0.05, 0) is 29.9 Å². The summed E-state index contributed by atoms with van der Waals surface area (Å²) < 4.78 is 2.18. The maximum absolute atomic E-state index is 4.93. The van der Waals surface area contributed by atoms with E-state index in [0.29, 0.717) is 12.6 Å². The zero-order chi connectivity index (χ0) is 19.9. The standard InChI is InChI=1S/C22H18N6S2/c1-2-5-14(6-3-1)16-12-30-22-19(16)21(25-20(26-22)17-7-4-10-29-17)23-11-18-27-24-13-28(18)15-8-9-15/h1-7,10,12-13,15H,8-9,11H2,(H,23,25,26). The molecular weight excluding hydrogens is 412 g/mol. The fourth-order valence-electron chi connectivity index (χ4n) is 3.63. The van der Waals surface area contributed by atoms with Gasteiger partial charge in [0.05, 0.1) is 16.8 Å². The first-order valence-corrected chi connectivity index (χ1v) is 11.6. The summed E-state index contributed by atoms with van der Waals surface area (Å²) in [4.78, 5) is 11.8. The van der Waals surface area contributed by atoms with Crippen LogP contribution in [-0.2, 0) is 6.54 Å². The molecule has 0 atom stereocenters. The molecule has 0 aliphatic heterocycles. The molecule has 1 aromatic carbocycles. The molecule has 4 heterocycles. The molecule has 5 aromatic rings. The predicted molar refractivity (Wildman–Crippen MR) is 122 cm³/mol. The van der Waals surface area contributed by atoms with Crippen molar-refractivity contribution in [1.82, 2.24) is 24.7 Å². The van der Waals surface area contributed by atoms with Crippen molar-refractivity contribution in [2.24, 2.45) is 0 Å². The van der Waals surface area contributed by atoms with Crippen LogP contribution in [0.15, 0.2) is 59.6 Å². The molecule has 1 saturated carbocycles. The lowest BCUT2D eigenvalue weighted by Crippen LogP contribution is -2.09. The fourth-order valence-corrected chi connectivity index (χ4v) is 5.23. The predicted octanol–water partition coefficient (Wildman–Crippen LogP) is 5.63. The second-order valence-corrected chi connectivity index (χ2v) is 9.11. The molecule has 1 fully saturated rings. The number of thiophene rings is 2. The second kappa shape index (κ2) is 7.30. The average Bonchev–Trinajstić information content (AvgIpc) is 3.19. The molecule has 6 nitrogen and oxygen atoms in total. The largest absolute Gasteiger partial charge is 0.362 e. The summed E-state index contributed by atoms with van der Waals surface area (Å²) in [6.07, 6.45) is 4.24. The first kappa shape index (κ1) is 17.7. The van der Waals surface area contributed by atoms with Gasteiger partial charge in [0, 0.05) is 17.0 Å². The average molecular weight is 431 g/mol. The molecule has 1 N–H and O–H groups in total. The lowest BCUT2D eigenvalue weighted by atomic mass is 10.1. The van der Waals surface area contributed by atoms with Crippen molar-refractivity contribution < 1.29 is 0 Å². The summed E-state index contributed by atoms with van der Waals surface area (Å²) in [5, 5.41) is 17.3. The van der Waals surface area contributed by atoms with Gasteiger partial charge in [0.2, 0.25) is 0 Å². The number of fused-ring (bicyclic) bond motifs is 1. The first-order chi connectivity index (χ1) is 14.9. The minimum absolute atomic E-state index is 0.546. The Labute approximate surface area is 181 Å². The summed E-state index contributed by atoms with van der Waals surface area (Å²) in [5.41, 5.74) is 2.32. The number of hydrogen-bond donors (Lipinski definition) is 1. The lowest BCUT2D eigenvalue weighted by molar-refractivity contribution is 0.690. The molecule has 1 aliphatic carbocycles. The van der Waals surface area contributed by atoms with Gasteiger partial charge in [-0.3, -0.25) is 0 Å². The van der Waals surface area contributed by atoms with Crippen molar-refractivity contribution in [3.8, 4) is 21.8 Å². The molecule has 30 heavy (non-hydrogen) atoms. The van der Waals surface area contributed by atoms with Crippen molar-refractivity contribution in [1.29, 1.82) is 0 Å². The molecule has 4 aromatic heterocycles. The SMILES string of the molecule is c1ccc(-c2csc3nc(-c4cccs4)nc(NCc4nncn4C4CC4)c23)cc1. The Morgan fingerprint density at radius 1 is 1.03 bits per heavy atom. The van der Waals surface area contributed by atoms with Crippen molar-refractivity contribution in [3.05, 3.63) is 65.4 Å². The van der Waals surface area contributed by atoms with Crippen molar-refractivity contribution in [2.75, 3.05) is 5.32 Å². The molecule has 0 bridgehead atoms. The van der Waals surface area contributed by atoms with Gasteiger partial charge in [-0.25, -0.2) is 9.97 Å². The fraction of sp³-hybridized carbons (Fsp3) is 0.182. The van der Waals surface area contributed by atoms with E-state index in [1.807, 2.05) is 18.5 Å². The van der Waals surface area contributed by atoms with Gasteiger partial charge in [-0.15, -0.1) is 32.9 Å². The Hall–Kier alpha value is -3.10. The van der Waals surface area contributed by atoms with E-state index in [1.165, 1.54) is 18.4 Å². The van der Waals surface area contributed by atoms with Crippen LogP contribution >= 0.6 is 22.7 Å². The topological polar surface area (TPSA) is 68.5 Å². The zero-order valence-electron chi connectivity index (χ0n) is 16.0. The van der Waals surface area contributed by atoms with Crippen molar-refractivity contribution in [3.63, 3.8) is 0 Å². The summed E-state index contributed by atoms with van der Waals surface area (Å²) in [5.74, 6) is 2.54. The van der Waals surface area contributed by atoms with E-state index in [4.69, 9.17) is 9.97 Å². The molecule has 1 aliphatic rings. The van der Waals surface area contributed by atoms with Gasteiger partial charge in [-0.1, -0.05) is 36.4 Å². The molecule has 6 rings (SSSR count). The van der Waals surface area contributed by atoms with Gasteiger partial charge in [-0.2, -0.15) is 0 Å². The van der Waals surface area contributed by atoms with Crippen LogP contribution in [0, 0.1) is 0 Å². The number of hydrogen-bond acceptors (Lipinski definition) is 7. The molecule has 0 radical (unpaired) electrons. The molecular formula is C22H18N6S2. The van der Waals surface area contributed by atoms with Crippen molar-refractivity contribution >= 4 is 38.7 Å². The van der Waals surface area contributed by atoms with Crippen LogP contribution in [0.2, 0.25) is 0 Å². The third-order valence-electron chi connectivity index (χ3n) is 5.26. The molecule has 0 amide bonds. The zero-order valence-corrected chi connectivity index (χ0v) is 17.7. The molecule has 8 heteroatoms. The normalized spacial score (nSPS) is 13.7. The van der Waals surface area contributed by atoms with Gasteiger partial charge in [0.15, 0.2) is 11.6 Å². The monoisotopic (exact) mass is 430 g/mol. The van der Waals surface area contributed by atoms with E-state index in [1.54, 1.807) is 22.7 Å². The Balaban J connectivity index is 1.45. The van der Waals surface area contributed by atoms with E-state index < -0.39 is 0 Å². The first-order valence-electron chi connectivity index (χ1n) is 9.87. The maximum Gasteiger partial charge on any atom is 0.173 e. The van der Waals surface area contributed by atoms with Crippen LogP contribution in [-0.4, -0.2) is 24.7 Å². The minimum Gasteiger partial charge on any atom is -0.362 e. The van der Waals surface area contributed by atoms with Crippen LogP contribution in [0.3, 0.4) is 0 Å². The van der Waals surface area contributed by atoms with E-state index >= 15 is 0 Å². The highest BCUT2D eigenvalue weighted by molar-refractivity contribution is 7.17. The maximum atomic E-state index is 4.93. The van der Waals surface area contributed by atoms with E-state index in [2.05, 4.69) is 61.2 Å². The van der Waals surface area contributed by atoms with Gasteiger partial charge < -0.3 is 9.88 Å². The summed E-state index contributed by atoms with van der Waals surface area (Å²) in [7, 11) is 0. The second-order valence-electron chi connectivity index (χ2n) is 7.31. The lowest BCUT2D eigenvalue weighted by Gasteiger charge is -2.11. The summed E-state index contributed by atoms with van der Waals surface area (Å²) in [6, 6.07) is 15.0. The number of benzene rings is 1. The van der Waals surface area contributed by atoms with Crippen LogP contribution in [0.25, 0.3) is 32.0 Å². The summed E-state index contributed by atoms with van der Waals surface area (Å²) in [6.45, 7) is 0.580. The van der Waals surface area contributed by atoms with Gasteiger partial charge in [0.25, 0.3) is 0 Å². The number of aromatic nitrogens is 5. The highest BCUT2D eigenvalue weighted by Gasteiger charge is 2.26. The molecule has 0 unspecified atom stereocenters. The van der Waals surface area contributed by atoms with E-state index in [9.17, 15) is 0 Å². The Morgan fingerprint density at radius 2 is 1.93 bits per heavy atom. The molecule has 0 spiro atoms. The number of anilines is 1. The molecule has 0 saturated heterocycles. The Kier molecular flexibility index (Phi) is 4.32. The van der Waals surface area contributed by atoms with Gasteiger partial charge >= 0.3 is 0 Å². The van der Waals surface area contributed by atoms with Crippen LogP contribution in [0.4, 0.5) is 5.82 Å². The quantitative estimate of drug-likeness (QED) is 0.378. The highest BCUT2D eigenvalue weighted by atomic mass is 32.1. The van der Waals surface area contributed by atoms with Crippen LogP contribution in [0.5, 0.6) is 0 Å². The third-order valence-corrected chi connectivity index (χ3v) is 7.00. The van der Waals surface area contributed by atoms with Crippen LogP contribution in [0.1, 0.15) is 24.7 Å². The van der Waals surface area contributed by atoms with Crippen molar-refractivity contribution in [2.45, 2.75) is 25.4 Å². The summed E-state index contributed by atoms with van der Waals surface area (Å²) >= 11 is 3.31. The molecule has 148 valence electrons. The van der Waals surface area contributed by atoms with E-state index in [-0.39, 0.29) is 0 Å². The number of nitrogens with one attached hydrogen (secondary N) is 1. The number of nitrogens with zero attached hydrogens (tertiary/aromatic N) is 5. The number of rotatable bonds is 6. The smallest absolute Gasteiger partial charge is 0.173 e. The Bertz CT molecular complexity index is 1300. The van der Waals surface area contributed by atoms with E-state index in [0.717, 1.165) is 38.1 Å². The minimum atomic E-state index is 0.546. The third kappa shape index (κ3) is 3.18. The Morgan fingerprint density at radius 3 is 2.73 bits per heavy atom. The van der Waals surface area contributed by atoms with Crippen LogP contribution < -0.4 is 5.32 Å². The highest BCUT2D eigenvalue weighted by Crippen LogP contribution is 2.39.